The minimum atomic E-state index is -0.201. The van der Waals surface area contributed by atoms with Crippen LogP contribution in [0.2, 0.25) is 0 Å². The highest BCUT2D eigenvalue weighted by Crippen LogP contribution is 2.20. The van der Waals surface area contributed by atoms with Gasteiger partial charge in [0, 0.05) is 25.7 Å². The van der Waals surface area contributed by atoms with E-state index in [2.05, 4.69) is 22.1 Å². The predicted molar refractivity (Wildman–Crippen MR) is 104 cm³/mol. The van der Waals surface area contributed by atoms with Gasteiger partial charge in [0.05, 0.1) is 12.2 Å². The normalized spacial score (nSPS) is 18.6. The van der Waals surface area contributed by atoms with Crippen LogP contribution >= 0.6 is 0 Å². The molecule has 1 atom stereocenters. The Morgan fingerprint density at radius 1 is 1.36 bits per heavy atom. The lowest BCUT2D eigenvalue weighted by molar-refractivity contribution is 0.267. The summed E-state index contributed by atoms with van der Waals surface area (Å²) >= 11 is 0. The molecule has 0 aliphatic carbocycles. The summed E-state index contributed by atoms with van der Waals surface area (Å²) in [5, 5.41) is 3.21. The quantitative estimate of drug-likeness (QED) is 0.559. The molecule has 1 aliphatic heterocycles. The number of nitrogens with zero attached hydrogens (tertiary/aromatic N) is 3. The highest BCUT2D eigenvalue weighted by Gasteiger charge is 2.22. The zero-order valence-corrected chi connectivity index (χ0v) is 15.8. The summed E-state index contributed by atoms with van der Waals surface area (Å²) in [6, 6.07) is 5.84. The number of halogens is 1. The average Bonchev–Trinajstić information content (AvgIpc) is 3.08. The minimum Gasteiger partial charge on any atom is -0.370 e. The molecule has 0 bridgehead atoms. The van der Waals surface area contributed by atoms with E-state index in [0.29, 0.717) is 24.2 Å². The molecule has 0 aromatic heterocycles. The molecule has 5 nitrogen and oxygen atoms in total. The largest absolute Gasteiger partial charge is 0.370 e. The van der Waals surface area contributed by atoms with E-state index in [1.54, 1.807) is 6.07 Å². The van der Waals surface area contributed by atoms with Crippen LogP contribution in [0, 0.1) is 5.82 Å². The third kappa shape index (κ3) is 5.33. The zero-order chi connectivity index (χ0) is 18.2. The van der Waals surface area contributed by atoms with E-state index < -0.39 is 0 Å². The Bertz CT molecular complexity index is 571. The van der Waals surface area contributed by atoms with E-state index in [4.69, 9.17) is 5.73 Å². The molecule has 2 rings (SSSR count). The second kappa shape index (κ2) is 9.61. The van der Waals surface area contributed by atoms with Gasteiger partial charge >= 0.3 is 0 Å². The summed E-state index contributed by atoms with van der Waals surface area (Å²) in [5.41, 5.74) is 7.44. The molecule has 25 heavy (non-hydrogen) atoms. The molecule has 6 heteroatoms. The molecular formula is C19H32FN5. The van der Waals surface area contributed by atoms with Crippen LogP contribution in [-0.2, 0) is 6.54 Å². The number of hydrogen-bond donors (Lipinski definition) is 2. The van der Waals surface area contributed by atoms with Crippen molar-refractivity contribution in [1.29, 1.82) is 0 Å². The third-order valence-corrected chi connectivity index (χ3v) is 4.97. The Morgan fingerprint density at radius 2 is 2.12 bits per heavy atom. The number of hydrogen-bond acceptors (Lipinski definition) is 3. The van der Waals surface area contributed by atoms with Gasteiger partial charge in [-0.1, -0.05) is 13.0 Å². The lowest BCUT2D eigenvalue weighted by atomic mass is 10.2. The molecule has 1 aromatic rings. The molecule has 140 valence electrons. The number of guanidine groups is 1. The molecule has 0 spiro atoms. The van der Waals surface area contributed by atoms with Gasteiger partial charge < -0.3 is 16.0 Å². The van der Waals surface area contributed by atoms with Crippen molar-refractivity contribution in [2.45, 2.75) is 46.2 Å². The maximum atomic E-state index is 14.3. The van der Waals surface area contributed by atoms with Crippen LogP contribution in [0.4, 0.5) is 10.1 Å². The first-order chi connectivity index (χ1) is 12.1. The van der Waals surface area contributed by atoms with Crippen LogP contribution in [0.3, 0.4) is 0 Å². The summed E-state index contributed by atoms with van der Waals surface area (Å²) in [4.78, 5) is 8.81. The van der Waals surface area contributed by atoms with E-state index in [9.17, 15) is 4.39 Å². The van der Waals surface area contributed by atoms with Gasteiger partial charge in [0.1, 0.15) is 5.82 Å². The van der Waals surface area contributed by atoms with Gasteiger partial charge in [0.15, 0.2) is 5.96 Å². The number of anilines is 1. The molecule has 1 aliphatic rings. The van der Waals surface area contributed by atoms with Gasteiger partial charge in [0.25, 0.3) is 0 Å². The summed E-state index contributed by atoms with van der Waals surface area (Å²) < 4.78 is 14.3. The maximum Gasteiger partial charge on any atom is 0.188 e. The molecule has 1 unspecified atom stereocenters. The fraction of sp³-hybridized carbons (Fsp3) is 0.632. The van der Waals surface area contributed by atoms with Gasteiger partial charge in [-0.3, -0.25) is 4.90 Å². The van der Waals surface area contributed by atoms with E-state index in [-0.39, 0.29) is 5.82 Å². The topological polar surface area (TPSA) is 56.9 Å². The van der Waals surface area contributed by atoms with Gasteiger partial charge in [0.2, 0.25) is 0 Å². The van der Waals surface area contributed by atoms with E-state index in [1.807, 2.05) is 30.9 Å². The van der Waals surface area contributed by atoms with Crippen molar-refractivity contribution < 1.29 is 4.39 Å². The molecule has 0 saturated carbocycles. The summed E-state index contributed by atoms with van der Waals surface area (Å²) in [6.45, 7) is 11.3. The van der Waals surface area contributed by atoms with Crippen molar-refractivity contribution in [1.82, 2.24) is 10.2 Å². The number of likely N-dealkylation sites (N-methyl/N-ethyl adjacent to an activating group) is 1. The van der Waals surface area contributed by atoms with Crippen LogP contribution in [0.15, 0.2) is 23.2 Å². The zero-order valence-electron chi connectivity index (χ0n) is 15.8. The van der Waals surface area contributed by atoms with E-state index >= 15 is 0 Å². The number of nitrogens with two attached hydrogens (primary N) is 1. The molecule has 0 radical (unpaired) electrons. The van der Waals surface area contributed by atoms with Crippen molar-refractivity contribution >= 4 is 11.6 Å². The average molecular weight is 349 g/mol. The first-order valence-corrected chi connectivity index (χ1v) is 9.40. The second-order valence-electron chi connectivity index (χ2n) is 6.47. The highest BCUT2D eigenvalue weighted by atomic mass is 19.1. The highest BCUT2D eigenvalue weighted by molar-refractivity contribution is 5.77. The van der Waals surface area contributed by atoms with Crippen LogP contribution < -0.4 is 16.0 Å². The van der Waals surface area contributed by atoms with E-state index in [1.165, 1.54) is 12.8 Å². The molecule has 1 heterocycles. The summed E-state index contributed by atoms with van der Waals surface area (Å²) in [5.74, 6) is 0.226. The van der Waals surface area contributed by atoms with Gasteiger partial charge in [-0.25, -0.2) is 9.38 Å². The summed E-state index contributed by atoms with van der Waals surface area (Å²) in [7, 11) is 0. The van der Waals surface area contributed by atoms with Gasteiger partial charge in [-0.05, 0) is 57.5 Å². The fourth-order valence-corrected chi connectivity index (χ4v) is 3.47. The predicted octanol–water partition coefficient (Wildman–Crippen LogP) is 2.56. The van der Waals surface area contributed by atoms with Crippen molar-refractivity contribution in [2.75, 3.05) is 37.6 Å². The molecule has 3 N–H and O–H groups in total. The Morgan fingerprint density at radius 3 is 2.76 bits per heavy atom. The van der Waals surface area contributed by atoms with Crippen LogP contribution in [-0.4, -0.2) is 49.6 Å². The van der Waals surface area contributed by atoms with Crippen molar-refractivity contribution in [2.24, 2.45) is 10.7 Å². The van der Waals surface area contributed by atoms with Crippen molar-refractivity contribution in [3.05, 3.63) is 29.6 Å². The first-order valence-electron chi connectivity index (χ1n) is 9.40. The number of aliphatic imine (C=N–C) groups is 1. The SMILES string of the molecule is CCN(CC)c1ccc(CN=C(N)NCC2CCCN2CC)cc1F. The molecule has 1 fully saturated rings. The smallest absolute Gasteiger partial charge is 0.188 e. The van der Waals surface area contributed by atoms with Crippen LogP contribution in [0.1, 0.15) is 39.2 Å². The van der Waals surface area contributed by atoms with Crippen LogP contribution in [0.5, 0.6) is 0 Å². The second-order valence-corrected chi connectivity index (χ2v) is 6.47. The fourth-order valence-electron chi connectivity index (χ4n) is 3.47. The summed E-state index contributed by atoms with van der Waals surface area (Å²) in [6.07, 6.45) is 2.45. The lowest BCUT2D eigenvalue weighted by Crippen LogP contribution is -2.42. The Hall–Kier alpha value is -1.82. The molecule has 0 amide bonds. The Balaban J connectivity index is 1.88. The molecular weight excluding hydrogens is 317 g/mol. The molecule has 1 aromatic carbocycles. The number of likely N-dealkylation sites (tertiary alicyclic amines) is 1. The lowest BCUT2D eigenvalue weighted by Gasteiger charge is -2.23. The molecule has 1 saturated heterocycles. The first kappa shape index (κ1) is 19.5. The van der Waals surface area contributed by atoms with E-state index in [0.717, 1.165) is 38.3 Å². The Labute approximate surface area is 151 Å². The Kier molecular flexibility index (Phi) is 7.50. The van der Waals surface area contributed by atoms with Crippen molar-refractivity contribution in [3.8, 4) is 0 Å². The number of benzene rings is 1. The van der Waals surface area contributed by atoms with Crippen molar-refractivity contribution in [3.63, 3.8) is 0 Å². The minimum absolute atomic E-state index is 0.201. The standard InChI is InChI=1S/C19H32FN5/c1-4-24(5-2)18-10-9-15(12-17(18)20)13-22-19(21)23-14-16-8-7-11-25(16)6-3/h9-10,12,16H,4-8,11,13-14H2,1-3H3,(H3,21,22,23). The van der Waals surface area contributed by atoms with Gasteiger partial charge in [-0.2, -0.15) is 0 Å². The third-order valence-electron chi connectivity index (χ3n) is 4.97. The number of nitrogens with one attached hydrogen (secondary N) is 1. The monoisotopic (exact) mass is 349 g/mol. The maximum absolute atomic E-state index is 14.3. The van der Waals surface area contributed by atoms with Crippen LogP contribution in [0.25, 0.3) is 0 Å². The number of rotatable bonds is 8. The van der Waals surface area contributed by atoms with Gasteiger partial charge in [-0.15, -0.1) is 0 Å².